The zero-order valence-electron chi connectivity index (χ0n) is 8.92. The fourth-order valence-electron chi connectivity index (χ4n) is 1.30. The summed E-state index contributed by atoms with van der Waals surface area (Å²) in [6.07, 6.45) is 2.15. The molecule has 0 atom stereocenters. The summed E-state index contributed by atoms with van der Waals surface area (Å²) in [5, 5.41) is 5.63. The minimum absolute atomic E-state index is 0.170. The number of methoxy groups -OCH3 is 1. The first-order chi connectivity index (χ1) is 7.69. The van der Waals surface area contributed by atoms with Crippen molar-refractivity contribution in [2.75, 3.05) is 12.4 Å². The number of urea groups is 1. The van der Waals surface area contributed by atoms with Crippen LogP contribution in [0.5, 0.6) is 5.75 Å². The Morgan fingerprint density at radius 3 is 2.88 bits per heavy atom. The van der Waals surface area contributed by atoms with Gasteiger partial charge in [-0.15, -0.1) is 0 Å². The molecule has 16 heavy (non-hydrogen) atoms. The summed E-state index contributed by atoms with van der Waals surface area (Å²) in [5.74, 6) is 0.713. The molecule has 2 N–H and O–H groups in total. The van der Waals surface area contributed by atoms with Crippen LogP contribution >= 0.6 is 15.9 Å². The largest absolute Gasteiger partial charge is 0.497 e. The van der Waals surface area contributed by atoms with Crippen LogP contribution in [0.1, 0.15) is 12.8 Å². The number of nitrogens with one attached hydrogen (secondary N) is 2. The van der Waals surface area contributed by atoms with E-state index in [4.69, 9.17) is 4.74 Å². The molecule has 0 aliphatic heterocycles. The molecular weight excluding hydrogens is 272 g/mol. The second kappa shape index (κ2) is 4.74. The maximum atomic E-state index is 11.5. The topological polar surface area (TPSA) is 50.4 Å². The molecule has 0 saturated heterocycles. The molecule has 4 nitrogen and oxygen atoms in total. The van der Waals surface area contributed by atoms with E-state index < -0.39 is 0 Å². The third-order valence-electron chi connectivity index (χ3n) is 2.33. The second-order valence-electron chi connectivity index (χ2n) is 3.72. The Kier molecular flexibility index (Phi) is 3.33. The molecule has 0 radical (unpaired) electrons. The van der Waals surface area contributed by atoms with Crippen molar-refractivity contribution in [1.82, 2.24) is 5.32 Å². The quantitative estimate of drug-likeness (QED) is 0.897. The Labute approximate surface area is 102 Å². The van der Waals surface area contributed by atoms with Crippen LogP contribution in [0, 0.1) is 0 Å². The molecule has 0 spiro atoms. The maximum Gasteiger partial charge on any atom is 0.319 e. The minimum Gasteiger partial charge on any atom is -0.497 e. The summed E-state index contributed by atoms with van der Waals surface area (Å²) in [7, 11) is 1.59. The van der Waals surface area contributed by atoms with Crippen molar-refractivity contribution in [2.24, 2.45) is 0 Å². The van der Waals surface area contributed by atoms with Crippen LogP contribution in [-0.2, 0) is 0 Å². The van der Waals surface area contributed by atoms with Crippen molar-refractivity contribution in [3.05, 3.63) is 22.7 Å². The number of rotatable bonds is 3. The molecule has 0 heterocycles. The van der Waals surface area contributed by atoms with Crippen LogP contribution in [0.25, 0.3) is 0 Å². The van der Waals surface area contributed by atoms with Crippen LogP contribution in [0.4, 0.5) is 10.5 Å². The van der Waals surface area contributed by atoms with Crippen LogP contribution < -0.4 is 15.4 Å². The predicted molar refractivity (Wildman–Crippen MR) is 65.9 cm³/mol. The molecule has 1 aliphatic rings. The van der Waals surface area contributed by atoms with Gasteiger partial charge in [-0.1, -0.05) is 0 Å². The number of hydrogen-bond donors (Lipinski definition) is 2. The highest BCUT2D eigenvalue weighted by Gasteiger charge is 2.23. The summed E-state index contributed by atoms with van der Waals surface area (Å²) in [6, 6.07) is 5.62. The smallest absolute Gasteiger partial charge is 0.319 e. The summed E-state index contributed by atoms with van der Waals surface area (Å²) < 4.78 is 5.92. The number of halogens is 1. The van der Waals surface area contributed by atoms with Gasteiger partial charge in [-0.25, -0.2) is 4.79 Å². The van der Waals surface area contributed by atoms with Crippen molar-refractivity contribution in [1.29, 1.82) is 0 Å². The second-order valence-corrected chi connectivity index (χ2v) is 4.57. The first-order valence-corrected chi connectivity index (χ1v) is 5.89. The SMILES string of the molecule is COc1ccc(Br)c(NC(=O)NC2CC2)c1. The number of benzene rings is 1. The summed E-state index contributed by atoms with van der Waals surface area (Å²) >= 11 is 3.37. The monoisotopic (exact) mass is 284 g/mol. The van der Waals surface area contributed by atoms with E-state index in [9.17, 15) is 4.79 Å². The Morgan fingerprint density at radius 1 is 1.50 bits per heavy atom. The van der Waals surface area contributed by atoms with Gasteiger partial charge in [-0.2, -0.15) is 0 Å². The van der Waals surface area contributed by atoms with E-state index in [0.29, 0.717) is 17.5 Å². The standard InChI is InChI=1S/C11H13BrN2O2/c1-16-8-4-5-9(12)10(6-8)14-11(15)13-7-2-3-7/h4-7H,2-3H2,1H3,(H2,13,14,15). The van der Waals surface area contributed by atoms with Gasteiger partial charge >= 0.3 is 6.03 Å². The molecular formula is C11H13BrN2O2. The van der Waals surface area contributed by atoms with Gasteiger partial charge in [0.25, 0.3) is 0 Å². The highest BCUT2D eigenvalue weighted by Crippen LogP contribution is 2.27. The average molecular weight is 285 g/mol. The van der Waals surface area contributed by atoms with E-state index in [1.807, 2.05) is 12.1 Å². The molecule has 2 rings (SSSR count). The van der Waals surface area contributed by atoms with Gasteiger partial charge in [-0.3, -0.25) is 0 Å². The summed E-state index contributed by atoms with van der Waals surface area (Å²) in [4.78, 5) is 11.5. The molecule has 86 valence electrons. The first kappa shape index (κ1) is 11.3. The molecule has 1 saturated carbocycles. The van der Waals surface area contributed by atoms with Gasteiger partial charge < -0.3 is 15.4 Å². The number of amides is 2. The van der Waals surface area contributed by atoms with Crippen molar-refractivity contribution < 1.29 is 9.53 Å². The average Bonchev–Trinajstić information content (AvgIpc) is 3.05. The fourth-order valence-corrected chi connectivity index (χ4v) is 1.64. The fraction of sp³-hybridized carbons (Fsp3) is 0.364. The maximum absolute atomic E-state index is 11.5. The van der Waals surface area contributed by atoms with Crippen molar-refractivity contribution in [2.45, 2.75) is 18.9 Å². The minimum atomic E-state index is -0.170. The Morgan fingerprint density at radius 2 is 2.25 bits per heavy atom. The Bertz CT molecular complexity index is 405. The Hall–Kier alpha value is -1.23. The number of hydrogen-bond acceptors (Lipinski definition) is 2. The first-order valence-electron chi connectivity index (χ1n) is 5.10. The van der Waals surface area contributed by atoms with Crippen LogP contribution in [-0.4, -0.2) is 19.2 Å². The normalized spacial score (nSPS) is 14.4. The molecule has 0 aromatic heterocycles. The van der Waals surface area contributed by atoms with Crippen molar-refractivity contribution >= 4 is 27.6 Å². The number of carbonyl (C=O) groups excluding carboxylic acids is 1. The third kappa shape index (κ3) is 2.88. The van der Waals surface area contributed by atoms with Gasteiger partial charge in [0, 0.05) is 16.6 Å². The van der Waals surface area contributed by atoms with Gasteiger partial charge in [0.2, 0.25) is 0 Å². The van der Waals surface area contributed by atoms with E-state index >= 15 is 0 Å². The Balaban J connectivity index is 2.03. The molecule has 1 aromatic carbocycles. The number of carbonyl (C=O) groups is 1. The number of ether oxygens (including phenoxy) is 1. The lowest BCUT2D eigenvalue weighted by Gasteiger charge is -2.09. The van der Waals surface area contributed by atoms with Gasteiger partial charge in [0.1, 0.15) is 5.75 Å². The zero-order valence-corrected chi connectivity index (χ0v) is 10.5. The van der Waals surface area contributed by atoms with E-state index in [0.717, 1.165) is 17.3 Å². The third-order valence-corrected chi connectivity index (χ3v) is 3.03. The molecule has 0 unspecified atom stereocenters. The zero-order chi connectivity index (χ0) is 11.5. The van der Waals surface area contributed by atoms with Gasteiger partial charge in [0.15, 0.2) is 0 Å². The molecule has 0 bridgehead atoms. The lowest BCUT2D eigenvalue weighted by Crippen LogP contribution is -2.30. The van der Waals surface area contributed by atoms with E-state index in [1.54, 1.807) is 13.2 Å². The lowest BCUT2D eigenvalue weighted by atomic mass is 10.3. The van der Waals surface area contributed by atoms with E-state index in [2.05, 4.69) is 26.6 Å². The molecule has 1 fully saturated rings. The highest BCUT2D eigenvalue weighted by atomic mass is 79.9. The van der Waals surface area contributed by atoms with E-state index in [1.165, 1.54) is 0 Å². The van der Waals surface area contributed by atoms with Crippen molar-refractivity contribution in [3.63, 3.8) is 0 Å². The van der Waals surface area contributed by atoms with Crippen LogP contribution in [0.2, 0.25) is 0 Å². The molecule has 1 aliphatic carbocycles. The molecule has 1 aromatic rings. The van der Waals surface area contributed by atoms with Gasteiger partial charge in [0.05, 0.1) is 12.8 Å². The predicted octanol–water partition coefficient (Wildman–Crippen LogP) is 2.74. The van der Waals surface area contributed by atoms with Crippen LogP contribution in [0.15, 0.2) is 22.7 Å². The molecule has 5 heteroatoms. The lowest BCUT2D eigenvalue weighted by molar-refractivity contribution is 0.251. The van der Waals surface area contributed by atoms with Crippen LogP contribution in [0.3, 0.4) is 0 Å². The van der Waals surface area contributed by atoms with Gasteiger partial charge in [-0.05, 0) is 40.9 Å². The van der Waals surface area contributed by atoms with Crippen molar-refractivity contribution in [3.8, 4) is 5.75 Å². The highest BCUT2D eigenvalue weighted by molar-refractivity contribution is 9.10. The summed E-state index contributed by atoms with van der Waals surface area (Å²) in [6.45, 7) is 0. The summed E-state index contributed by atoms with van der Waals surface area (Å²) in [5.41, 5.74) is 0.706. The number of anilines is 1. The van der Waals surface area contributed by atoms with E-state index in [-0.39, 0.29) is 6.03 Å². The molecule has 2 amide bonds.